The van der Waals surface area contributed by atoms with Crippen molar-refractivity contribution in [1.82, 2.24) is 10.0 Å². The van der Waals surface area contributed by atoms with Gasteiger partial charge in [0, 0.05) is 6.54 Å². The number of rotatable bonds is 8. The van der Waals surface area contributed by atoms with Gasteiger partial charge in [0.15, 0.2) is 0 Å². The SMILES string of the molecule is CCCCCNC(=O)CNS(=O)(=O)CC. The van der Waals surface area contributed by atoms with Crippen LogP contribution in [0, 0.1) is 0 Å². The highest BCUT2D eigenvalue weighted by molar-refractivity contribution is 7.89. The molecule has 1 amide bonds. The Morgan fingerprint density at radius 2 is 1.87 bits per heavy atom. The van der Waals surface area contributed by atoms with Gasteiger partial charge in [0.05, 0.1) is 12.3 Å². The minimum absolute atomic E-state index is 0.00385. The van der Waals surface area contributed by atoms with E-state index in [0.717, 1.165) is 19.3 Å². The van der Waals surface area contributed by atoms with E-state index in [-0.39, 0.29) is 18.2 Å². The molecule has 0 rings (SSSR count). The number of sulfonamides is 1. The van der Waals surface area contributed by atoms with Gasteiger partial charge in [-0.2, -0.15) is 0 Å². The molecule has 0 radical (unpaired) electrons. The van der Waals surface area contributed by atoms with Crippen molar-refractivity contribution in [1.29, 1.82) is 0 Å². The Balaban J connectivity index is 3.58. The molecule has 0 unspecified atom stereocenters. The van der Waals surface area contributed by atoms with Gasteiger partial charge in [-0.3, -0.25) is 4.79 Å². The molecule has 0 aliphatic rings. The van der Waals surface area contributed by atoms with Crippen LogP contribution in [0.3, 0.4) is 0 Å². The Morgan fingerprint density at radius 1 is 1.20 bits per heavy atom. The zero-order chi connectivity index (χ0) is 11.7. The molecule has 0 aromatic carbocycles. The maximum atomic E-state index is 11.1. The highest BCUT2D eigenvalue weighted by atomic mass is 32.2. The van der Waals surface area contributed by atoms with Crippen molar-refractivity contribution in [2.24, 2.45) is 0 Å². The summed E-state index contributed by atoms with van der Waals surface area (Å²) in [5, 5.41) is 2.65. The van der Waals surface area contributed by atoms with Crippen molar-refractivity contribution in [2.45, 2.75) is 33.1 Å². The first kappa shape index (κ1) is 14.4. The normalized spacial score (nSPS) is 11.3. The lowest BCUT2D eigenvalue weighted by molar-refractivity contribution is -0.119. The zero-order valence-electron chi connectivity index (χ0n) is 9.38. The number of unbranched alkanes of at least 4 members (excludes halogenated alkanes) is 2. The summed E-state index contributed by atoms with van der Waals surface area (Å²) in [6, 6.07) is 0. The largest absolute Gasteiger partial charge is 0.355 e. The predicted octanol–water partition coefficient (Wildman–Crippen LogP) is 0.232. The molecule has 2 N–H and O–H groups in total. The molecule has 0 aliphatic heterocycles. The second kappa shape index (κ2) is 7.64. The standard InChI is InChI=1S/C9H20N2O3S/c1-3-5-6-7-10-9(12)8-11-15(13,14)4-2/h11H,3-8H2,1-2H3,(H,10,12). The molecule has 0 atom stereocenters. The van der Waals surface area contributed by atoms with Gasteiger partial charge in [0.1, 0.15) is 0 Å². The average Bonchev–Trinajstić information content (AvgIpc) is 2.22. The summed E-state index contributed by atoms with van der Waals surface area (Å²) in [4.78, 5) is 11.1. The Morgan fingerprint density at radius 3 is 2.40 bits per heavy atom. The van der Waals surface area contributed by atoms with E-state index in [0.29, 0.717) is 6.54 Å². The lowest BCUT2D eigenvalue weighted by Crippen LogP contribution is -2.37. The van der Waals surface area contributed by atoms with E-state index in [9.17, 15) is 13.2 Å². The first-order valence-corrected chi connectivity index (χ1v) is 6.91. The Hall–Kier alpha value is -0.620. The molecule has 0 saturated carbocycles. The van der Waals surface area contributed by atoms with Crippen molar-refractivity contribution in [3.05, 3.63) is 0 Å². The van der Waals surface area contributed by atoms with Gasteiger partial charge in [-0.25, -0.2) is 13.1 Å². The fourth-order valence-electron chi connectivity index (χ4n) is 0.943. The highest BCUT2D eigenvalue weighted by Crippen LogP contribution is 1.90. The van der Waals surface area contributed by atoms with Crippen LogP contribution in [-0.2, 0) is 14.8 Å². The summed E-state index contributed by atoms with van der Waals surface area (Å²) in [6.45, 7) is 4.06. The molecule has 0 bridgehead atoms. The van der Waals surface area contributed by atoms with Crippen molar-refractivity contribution in [3.8, 4) is 0 Å². The van der Waals surface area contributed by atoms with Gasteiger partial charge in [-0.05, 0) is 13.3 Å². The molecule has 90 valence electrons. The summed E-state index contributed by atoms with van der Waals surface area (Å²) in [5.74, 6) is -0.279. The number of amides is 1. The van der Waals surface area contributed by atoms with Crippen LogP contribution < -0.4 is 10.0 Å². The van der Waals surface area contributed by atoms with E-state index in [1.54, 1.807) is 0 Å². The smallest absolute Gasteiger partial charge is 0.235 e. The first-order chi connectivity index (χ1) is 7.02. The van der Waals surface area contributed by atoms with Gasteiger partial charge >= 0.3 is 0 Å². The minimum Gasteiger partial charge on any atom is -0.355 e. The molecule has 5 nitrogen and oxygen atoms in total. The van der Waals surface area contributed by atoms with E-state index in [2.05, 4.69) is 17.0 Å². The van der Waals surface area contributed by atoms with Gasteiger partial charge in [-0.15, -0.1) is 0 Å². The van der Waals surface area contributed by atoms with Crippen molar-refractivity contribution < 1.29 is 13.2 Å². The lowest BCUT2D eigenvalue weighted by Gasteiger charge is -2.05. The third kappa shape index (κ3) is 8.38. The van der Waals surface area contributed by atoms with Crippen LogP contribution in [0.4, 0.5) is 0 Å². The maximum Gasteiger partial charge on any atom is 0.235 e. The number of nitrogens with one attached hydrogen (secondary N) is 2. The zero-order valence-corrected chi connectivity index (χ0v) is 10.2. The van der Waals surface area contributed by atoms with Crippen molar-refractivity contribution in [3.63, 3.8) is 0 Å². The Bertz CT molecular complexity index is 275. The third-order valence-corrected chi connectivity index (χ3v) is 3.28. The molecule has 0 heterocycles. The van der Waals surface area contributed by atoms with Crippen LogP contribution in [0.25, 0.3) is 0 Å². The molecule has 0 saturated heterocycles. The molecule has 0 aromatic heterocycles. The second-order valence-corrected chi connectivity index (χ2v) is 5.38. The van der Waals surface area contributed by atoms with Gasteiger partial charge in [0.25, 0.3) is 0 Å². The fourth-order valence-corrected chi connectivity index (χ4v) is 1.50. The number of hydrogen-bond acceptors (Lipinski definition) is 3. The summed E-state index contributed by atoms with van der Waals surface area (Å²) in [7, 11) is -3.26. The topological polar surface area (TPSA) is 75.3 Å². The Labute approximate surface area is 91.7 Å². The highest BCUT2D eigenvalue weighted by Gasteiger charge is 2.08. The van der Waals surface area contributed by atoms with Gasteiger partial charge < -0.3 is 5.32 Å². The average molecular weight is 236 g/mol. The van der Waals surface area contributed by atoms with E-state index in [4.69, 9.17) is 0 Å². The predicted molar refractivity (Wildman–Crippen MR) is 60.0 cm³/mol. The Kier molecular flexibility index (Phi) is 7.33. The first-order valence-electron chi connectivity index (χ1n) is 5.26. The van der Waals surface area contributed by atoms with Gasteiger partial charge in [0.2, 0.25) is 15.9 Å². The second-order valence-electron chi connectivity index (χ2n) is 3.28. The van der Waals surface area contributed by atoms with E-state index in [1.165, 1.54) is 6.92 Å². The third-order valence-electron chi connectivity index (χ3n) is 1.94. The number of hydrogen-bond donors (Lipinski definition) is 2. The molecule has 15 heavy (non-hydrogen) atoms. The summed E-state index contributed by atoms with van der Waals surface area (Å²) in [5.41, 5.74) is 0. The van der Waals surface area contributed by atoms with E-state index in [1.807, 2.05) is 0 Å². The molecule has 0 aliphatic carbocycles. The molecule has 6 heteroatoms. The van der Waals surface area contributed by atoms with Crippen LogP contribution in [0.2, 0.25) is 0 Å². The molecular formula is C9H20N2O3S. The quantitative estimate of drug-likeness (QED) is 0.592. The number of carbonyl (C=O) groups is 1. The van der Waals surface area contributed by atoms with Crippen LogP contribution >= 0.6 is 0 Å². The minimum atomic E-state index is -3.26. The number of carbonyl (C=O) groups excluding carboxylic acids is 1. The molecule has 0 fully saturated rings. The summed E-state index contributed by atoms with van der Waals surface area (Å²) in [6.07, 6.45) is 3.10. The van der Waals surface area contributed by atoms with Gasteiger partial charge in [-0.1, -0.05) is 19.8 Å². The lowest BCUT2D eigenvalue weighted by atomic mass is 10.2. The van der Waals surface area contributed by atoms with Crippen molar-refractivity contribution in [2.75, 3.05) is 18.8 Å². The monoisotopic (exact) mass is 236 g/mol. The van der Waals surface area contributed by atoms with Crippen LogP contribution in [0.5, 0.6) is 0 Å². The van der Waals surface area contributed by atoms with E-state index >= 15 is 0 Å². The van der Waals surface area contributed by atoms with Crippen LogP contribution in [-0.4, -0.2) is 33.2 Å². The summed E-state index contributed by atoms with van der Waals surface area (Å²) >= 11 is 0. The van der Waals surface area contributed by atoms with Crippen LogP contribution in [0.15, 0.2) is 0 Å². The van der Waals surface area contributed by atoms with E-state index < -0.39 is 10.0 Å². The van der Waals surface area contributed by atoms with Crippen LogP contribution in [0.1, 0.15) is 33.1 Å². The molecule has 0 aromatic rings. The molecule has 0 spiro atoms. The molecular weight excluding hydrogens is 216 g/mol. The summed E-state index contributed by atoms with van der Waals surface area (Å²) < 4.78 is 24.2. The maximum absolute atomic E-state index is 11.1. The van der Waals surface area contributed by atoms with Crippen molar-refractivity contribution >= 4 is 15.9 Å². The fraction of sp³-hybridized carbons (Fsp3) is 0.889.